The Balaban J connectivity index is 2.04. The maximum Gasteiger partial charge on any atom is 0.120 e. The van der Waals surface area contributed by atoms with E-state index in [1.807, 2.05) is 12.1 Å². The first-order valence-corrected chi connectivity index (χ1v) is 6.32. The van der Waals surface area contributed by atoms with Crippen LogP contribution in [0.15, 0.2) is 22.7 Å². The van der Waals surface area contributed by atoms with Crippen LogP contribution in [-0.4, -0.2) is 36.3 Å². The zero-order valence-corrected chi connectivity index (χ0v) is 10.7. The molecule has 1 heterocycles. The number of phenolic OH excluding ortho intramolecular Hbond substituents is 1. The molecule has 16 heavy (non-hydrogen) atoms. The van der Waals surface area contributed by atoms with E-state index in [0.29, 0.717) is 5.75 Å². The first-order chi connectivity index (χ1) is 7.75. The summed E-state index contributed by atoms with van der Waals surface area (Å²) in [5, 5.41) is 9.76. The first kappa shape index (κ1) is 11.9. The van der Waals surface area contributed by atoms with Crippen LogP contribution in [0.25, 0.3) is 0 Å². The van der Waals surface area contributed by atoms with Gasteiger partial charge in [0.1, 0.15) is 5.75 Å². The van der Waals surface area contributed by atoms with Crippen LogP contribution < -0.4 is 0 Å². The van der Waals surface area contributed by atoms with Crippen molar-refractivity contribution in [3.05, 3.63) is 28.2 Å². The largest absolute Gasteiger partial charge is 0.508 e. The van der Waals surface area contributed by atoms with Crippen molar-refractivity contribution < 1.29 is 9.84 Å². The molecule has 1 aliphatic heterocycles. The van der Waals surface area contributed by atoms with Gasteiger partial charge in [0.05, 0.1) is 6.61 Å². The molecule has 0 saturated carbocycles. The third kappa shape index (κ3) is 3.20. The molecule has 0 spiro atoms. The molecule has 1 aromatic rings. The predicted molar refractivity (Wildman–Crippen MR) is 66.5 cm³/mol. The van der Waals surface area contributed by atoms with Crippen molar-refractivity contribution in [3.63, 3.8) is 0 Å². The summed E-state index contributed by atoms with van der Waals surface area (Å²) < 4.78 is 6.41. The topological polar surface area (TPSA) is 32.7 Å². The van der Waals surface area contributed by atoms with Crippen molar-refractivity contribution in [2.75, 3.05) is 26.3 Å². The van der Waals surface area contributed by atoms with Gasteiger partial charge in [0.2, 0.25) is 0 Å². The molecule has 4 heteroatoms. The third-order valence-corrected chi connectivity index (χ3v) is 3.24. The molecule has 0 aromatic heterocycles. The number of halogens is 1. The lowest BCUT2D eigenvalue weighted by molar-refractivity contribution is 0.140. The van der Waals surface area contributed by atoms with Gasteiger partial charge in [0.15, 0.2) is 0 Å². The van der Waals surface area contributed by atoms with E-state index in [-0.39, 0.29) is 0 Å². The van der Waals surface area contributed by atoms with E-state index in [9.17, 15) is 5.11 Å². The average Bonchev–Trinajstić information content (AvgIpc) is 2.52. The zero-order valence-electron chi connectivity index (χ0n) is 9.16. The van der Waals surface area contributed by atoms with Crippen LogP contribution in [0, 0.1) is 0 Å². The van der Waals surface area contributed by atoms with Gasteiger partial charge in [-0.25, -0.2) is 0 Å². The van der Waals surface area contributed by atoms with Gasteiger partial charge in [-0.1, -0.05) is 15.9 Å². The second-order valence-corrected chi connectivity index (χ2v) is 4.93. The lowest BCUT2D eigenvalue weighted by Crippen LogP contribution is -2.25. The highest BCUT2D eigenvalue weighted by atomic mass is 79.9. The quantitative estimate of drug-likeness (QED) is 0.906. The number of hydrogen-bond donors (Lipinski definition) is 1. The predicted octanol–water partition coefficient (Wildman–Crippen LogP) is 2.38. The normalized spacial score (nSPS) is 18.3. The molecule has 1 N–H and O–H groups in total. The molecule has 0 amide bonds. The van der Waals surface area contributed by atoms with E-state index < -0.39 is 0 Å². The summed E-state index contributed by atoms with van der Waals surface area (Å²) in [5.74, 6) is 0.369. The zero-order chi connectivity index (χ0) is 11.4. The fourth-order valence-corrected chi connectivity index (χ4v) is 2.29. The Hall–Kier alpha value is -0.580. The Morgan fingerprint density at radius 3 is 3.06 bits per heavy atom. The van der Waals surface area contributed by atoms with Crippen LogP contribution in [0.4, 0.5) is 0 Å². The Morgan fingerprint density at radius 2 is 2.19 bits per heavy atom. The molecule has 0 radical (unpaired) electrons. The monoisotopic (exact) mass is 285 g/mol. The Kier molecular flexibility index (Phi) is 4.21. The Morgan fingerprint density at radius 1 is 1.31 bits per heavy atom. The van der Waals surface area contributed by atoms with Crippen molar-refractivity contribution in [3.8, 4) is 5.75 Å². The molecule has 1 aromatic carbocycles. The number of phenols is 1. The molecule has 3 nitrogen and oxygen atoms in total. The second kappa shape index (κ2) is 5.66. The number of ether oxygens (including phenoxy) is 1. The molecule has 0 aliphatic carbocycles. The molecule has 1 saturated heterocycles. The number of aromatic hydroxyl groups is 1. The Labute approximate surface area is 104 Å². The van der Waals surface area contributed by atoms with Crippen LogP contribution in [0.5, 0.6) is 5.75 Å². The van der Waals surface area contributed by atoms with Gasteiger partial charge in [-0.15, -0.1) is 0 Å². The van der Waals surface area contributed by atoms with E-state index >= 15 is 0 Å². The summed E-state index contributed by atoms with van der Waals surface area (Å²) >= 11 is 3.42. The number of hydrogen-bond acceptors (Lipinski definition) is 3. The number of benzene rings is 1. The molecule has 2 rings (SSSR count). The maximum atomic E-state index is 9.76. The van der Waals surface area contributed by atoms with Gasteiger partial charge in [0, 0.05) is 36.3 Å². The summed E-state index contributed by atoms with van der Waals surface area (Å²) in [6.45, 7) is 4.39. The van der Waals surface area contributed by atoms with E-state index in [0.717, 1.165) is 49.3 Å². The minimum atomic E-state index is 0.369. The highest BCUT2D eigenvalue weighted by Gasteiger charge is 2.11. The first-order valence-electron chi connectivity index (χ1n) is 5.53. The summed E-state index contributed by atoms with van der Waals surface area (Å²) in [5.41, 5.74) is 0.969. The Bertz CT molecular complexity index is 349. The standard InChI is InChI=1S/C12H16BrNO2/c13-11-2-3-12(15)10(8-11)9-14-4-1-6-16-7-5-14/h2-3,8,15H,1,4-7,9H2. The molecule has 1 aliphatic rings. The van der Waals surface area contributed by atoms with Crippen LogP contribution in [0.2, 0.25) is 0 Å². The van der Waals surface area contributed by atoms with E-state index in [1.54, 1.807) is 6.07 Å². The summed E-state index contributed by atoms with van der Waals surface area (Å²) in [6.07, 6.45) is 1.06. The third-order valence-electron chi connectivity index (χ3n) is 2.75. The molecule has 0 atom stereocenters. The van der Waals surface area contributed by atoms with Crippen molar-refractivity contribution in [1.29, 1.82) is 0 Å². The van der Waals surface area contributed by atoms with E-state index in [2.05, 4.69) is 20.8 Å². The molecule has 0 unspecified atom stereocenters. The minimum absolute atomic E-state index is 0.369. The van der Waals surface area contributed by atoms with Crippen molar-refractivity contribution in [2.45, 2.75) is 13.0 Å². The van der Waals surface area contributed by atoms with Crippen LogP contribution >= 0.6 is 15.9 Å². The van der Waals surface area contributed by atoms with Crippen LogP contribution in [-0.2, 0) is 11.3 Å². The lowest BCUT2D eigenvalue weighted by atomic mass is 10.2. The van der Waals surface area contributed by atoms with Gasteiger partial charge < -0.3 is 9.84 Å². The van der Waals surface area contributed by atoms with Gasteiger partial charge in [-0.05, 0) is 24.6 Å². The van der Waals surface area contributed by atoms with Gasteiger partial charge in [0.25, 0.3) is 0 Å². The van der Waals surface area contributed by atoms with Gasteiger partial charge in [-0.2, -0.15) is 0 Å². The van der Waals surface area contributed by atoms with Crippen molar-refractivity contribution in [2.24, 2.45) is 0 Å². The summed E-state index contributed by atoms with van der Waals surface area (Å²) in [7, 11) is 0. The van der Waals surface area contributed by atoms with Crippen LogP contribution in [0.1, 0.15) is 12.0 Å². The smallest absolute Gasteiger partial charge is 0.120 e. The lowest BCUT2D eigenvalue weighted by Gasteiger charge is -2.19. The van der Waals surface area contributed by atoms with Gasteiger partial charge in [-0.3, -0.25) is 4.90 Å². The molecule has 0 bridgehead atoms. The summed E-state index contributed by atoms with van der Waals surface area (Å²) in [4.78, 5) is 2.31. The number of nitrogens with zero attached hydrogens (tertiary/aromatic N) is 1. The highest BCUT2D eigenvalue weighted by Crippen LogP contribution is 2.23. The fraction of sp³-hybridized carbons (Fsp3) is 0.500. The van der Waals surface area contributed by atoms with Crippen molar-refractivity contribution in [1.82, 2.24) is 4.90 Å². The maximum absolute atomic E-state index is 9.76. The van der Waals surface area contributed by atoms with Crippen molar-refractivity contribution >= 4 is 15.9 Å². The van der Waals surface area contributed by atoms with Gasteiger partial charge >= 0.3 is 0 Å². The summed E-state index contributed by atoms with van der Waals surface area (Å²) in [6, 6.07) is 5.55. The van der Waals surface area contributed by atoms with E-state index in [1.165, 1.54) is 0 Å². The number of rotatable bonds is 2. The fourth-order valence-electron chi connectivity index (χ4n) is 1.88. The second-order valence-electron chi connectivity index (χ2n) is 4.02. The van der Waals surface area contributed by atoms with E-state index in [4.69, 9.17) is 4.74 Å². The minimum Gasteiger partial charge on any atom is -0.508 e. The molecule has 1 fully saturated rings. The molecular weight excluding hydrogens is 270 g/mol. The molecular formula is C12H16BrNO2. The highest BCUT2D eigenvalue weighted by molar-refractivity contribution is 9.10. The molecule has 88 valence electrons. The SMILES string of the molecule is Oc1ccc(Br)cc1CN1CCCOCC1. The average molecular weight is 286 g/mol. The van der Waals surface area contributed by atoms with Crippen LogP contribution in [0.3, 0.4) is 0 Å².